The number of hydrogen-bond donors (Lipinski definition) is 0. The van der Waals surface area contributed by atoms with Crippen LogP contribution in [0.1, 0.15) is 32.6 Å². The highest BCUT2D eigenvalue weighted by Gasteiger charge is 2.00. The van der Waals surface area contributed by atoms with Gasteiger partial charge >= 0.3 is 5.97 Å². The summed E-state index contributed by atoms with van der Waals surface area (Å²) in [5.41, 5.74) is 0. The molecule has 0 rings (SSSR count). The Bertz CT molecular complexity index is 148. The fourth-order valence-electron chi connectivity index (χ4n) is 1.13. The fraction of sp³-hybridized carbons (Fsp3) is 0.909. The van der Waals surface area contributed by atoms with Crippen molar-refractivity contribution in [1.29, 1.82) is 0 Å². The minimum absolute atomic E-state index is 0.0993. The van der Waals surface area contributed by atoms with Crippen LogP contribution in [0.5, 0.6) is 0 Å². The Morgan fingerprint density at radius 3 is 2.53 bits per heavy atom. The maximum atomic E-state index is 10.9. The molecule has 0 aromatic carbocycles. The maximum absolute atomic E-state index is 10.9. The average molecular weight is 218 g/mol. The highest BCUT2D eigenvalue weighted by Crippen LogP contribution is 2.01. The Balaban J connectivity index is 3.01. The van der Waals surface area contributed by atoms with Crippen LogP contribution in [0.3, 0.4) is 0 Å². The molecule has 0 amide bonds. The summed E-state index contributed by atoms with van der Waals surface area (Å²) in [5, 5.41) is 0. The number of esters is 1. The van der Waals surface area contributed by atoms with E-state index in [-0.39, 0.29) is 5.97 Å². The van der Waals surface area contributed by atoms with Crippen molar-refractivity contribution in [1.82, 2.24) is 0 Å². The Labute approximate surface area is 91.9 Å². The Kier molecular flexibility index (Phi) is 11.0. The van der Waals surface area contributed by atoms with E-state index in [1.807, 2.05) is 6.92 Å². The van der Waals surface area contributed by atoms with Gasteiger partial charge in [0.25, 0.3) is 0 Å². The minimum Gasteiger partial charge on any atom is -0.466 e. The van der Waals surface area contributed by atoms with Gasteiger partial charge in [-0.05, 0) is 19.8 Å². The van der Waals surface area contributed by atoms with E-state index in [4.69, 9.17) is 14.2 Å². The molecule has 4 nitrogen and oxygen atoms in total. The monoisotopic (exact) mass is 218 g/mol. The van der Waals surface area contributed by atoms with Crippen LogP contribution in [0.15, 0.2) is 0 Å². The van der Waals surface area contributed by atoms with E-state index in [1.54, 1.807) is 7.11 Å². The van der Waals surface area contributed by atoms with Gasteiger partial charge in [-0.25, -0.2) is 0 Å². The molecule has 0 aromatic rings. The molecule has 4 heteroatoms. The van der Waals surface area contributed by atoms with Gasteiger partial charge in [0.05, 0.1) is 19.8 Å². The lowest BCUT2D eigenvalue weighted by molar-refractivity contribution is -0.143. The van der Waals surface area contributed by atoms with Crippen LogP contribution in [0, 0.1) is 0 Å². The Morgan fingerprint density at radius 1 is 1.07 bits per heavy atom. The predicted octanol–water partition coefficient (Wildman–Crippen LogP) is 1.77. The topological polar surface area (TPSA) is 44.8 Å². The van der Waals surface area contributed by atoms with Crippen LogP contribution in [-0.2, 0) is 19.0 Å². The first-order chi connectivity index (χ1) is 7.31. The molecule has 0 saturated carbocycles. The van der Waals surface area contributed by atoms with E-state index in [0.29, 0.717) is 26.2 Å². The zero-order chi connectivity index (χ0) is 11.4. The molecule has 0 N–H and O–H groups in total. The lowest BCUT2D eigenvalue weighted by Crippen LogP contribution is -2.05. The van der Waals surface area contributed by atoms with E-state index < -0.39 is 0 Å². The SMILES string of the molecule is CCOC(=O)CCCCCOCCOC. The van der Waals surface area contributed by atoms with Gasteiger partial charge in [-0.15, -0.1) is 0 Å². The van der Waals surface area contributed by atoms with Crippen molar-refractivity contribution >= 4 is 5.97 Å². The van der Waals surface area contributed by atoms with Gasteiger partial charge in [0, 0.05) is 20.1 Å². The molecule has 0 fully saturated rings. The summed E-state index contributed by atoms with van der Waals surface area (Å²) < 4.78 is 14.9. The highest BCUT2D eigenvalue weighted by atomic mass is 16.5. The molecule has 0 aromatic heterocycles. The molecule has 0 aliphatic rings. The van der Waals surface area contributed by atoms with Crippen LogP contribution in [0.4, 0.5) is 0 Å². The first-order valence-electron chi connectivity index (χ1n) is 5.53. The van der Waals surface area contributed by atoms with Gasteiger partial charge in [0.15, 0.2) is 0 Å². The van der Waals surface area contributed by atoms with Crippen molar-refractivity contribution in [2.45, 2.75) is 32.6 Å². The maximum Gasteiger partial charge on any atom is 0.305 e. The smallest absolute Gasteiger partial charge is 0.305 e. The summed E-state index contributed by atoms with van der Waals surface area (Å²) in [4.78, 5) is 10.9. The van der Waals surface area contributed by atoms with E-state index in [9.17, 15) is 4.79 Å². The van der Waals surface area contributed by atoms with Crippen LogP contribution in [0.25, 0.3) is 0 Å². The summed E-state index contributed by atoms with van der Waals surface area (Å²) in [7, 11) is 1.66. The second-order valence-electron chi connectivity index (χ2n) is 3.22. The summed E-state index contributed by atoms with van der Waals surface area (Å²) >= 11 is 0. The molecule has 0 spiro atoms. The molecule has 0 heterocycles. The predicted molar refractivity (Wildman–Crippen MR) is 57.8 cm³/mol. The number of unbranched alkanes of at least 4 members (excludes halogenated alkanes) is 2. The van der Waals surface area contributed by atoms with Gasteiger partial charge in [-0.2, -0.15) is 0 Å². The first-order valence-corrected chi connectivity index (χ1v) is 5.53. The second kappa shape index (κ2) is 11.5. The van der Waals surface area contributed by atoms with Gasteiger partial charge in [-0.3, -0.25) is 4.79 Å². The fourth-order valence-corrected chi connectivity index (χ4v) is 1.13. The zero-order valence-corrected chi connectivity index (χ0v) is 9.79. The summed E-state index contributed by atoms with van der Waals surface area (Å²) in [5.74, 6) is -0.0993. The quantitative estimate of drug-likeness (QED) is 0.414. The number of carbonyl (C=O) groups excluding carboxylic acids is 1. The van der Waals surface area contributed by atoms with Crippen molar-refractivity contribution in [2.24, 2.45) is 0 Å². The largest absolute Gasteiger partial charge is 0.466 e. The molecule has 0 aliphatic carbocycles. The number of ether oxygens (including phenoxy) is 3. The van der Waals surface area contributed by atoms with E-state index in [2.05, 4.69) is 0 Å². The average Bonchev–Trinajstić information content (AvgIpc) is 2.22. The molecular formula is C11H22O4. The van der Waals surface area contributed by atoms with Crippen LogP contribution < -0.4 is 0 Å². The standard InChI is InChI=1S/C11H22O4/c1-3-15-11(12)7-5-4-6-8-14-10-9-13-2/h3-10H2,1-2H3. The lowest BCUT2D eigenvalue weighted by atomic mass is 10.2. The number of carbonyl (C=O) groups is 1. The summed E-state index contributed by atoms with van der Waals surface area (Å²) in [6, 6.07) is 0. The minimum atomic E-state index is -0.0993. The zero-order valence-electron chi connectivity index (χ0n) is 9.79. The van der Waals surface area contributed by atoms with Crippen molar-refractivity contribution in [3.63, 3.8) is 0 Å². The van der Waals surface area contributed by atoms with E-state index in [1.165, 1.54) is 0 Å². The number of rotatable bonds is 10. The third-order valence-electron chi connectivity index (χ3n) is 1.91. The third-order valence-corrected chi connectivity index (χ3v) is 1.91. The van der Waals surface area contributed by atoms with E-state index in [0.717, 1.165) is 25.9 Å². The molecule has 15 heavy (non-hydrogen) atoms. The normalized spacial score (nSPS) is 10.3. The van der Waals surface area contributed by atoms with Crippen LogP contribution >= 0.6 is 0 Å². The molecule has 0 aliphatic heterocycles. The molecule has 0 saturated heterocycles. The van der Waals surface area contributed by atoms with Gasteiger partial charge in [-0.1, -0.05) is 6.42 Å². The van der Waals surface area contributed by atoms with Crippen molar-refractivity contribution in [3.05, 3.63) is 0 Å². The van der Waals surface area contributed by atoms with Gasteiger partial charge in [0.1, 0.15) is 0 Å². The Hall–Kier alpha value is -0.610. The first kappa shape index (κ1) is 14.4. The number of hydrogen-bond acceptors (Lipinski definition) is 4. The third kappa shape index (κ3) is 11.3. The number of methoxy groups -OCH3 is 1. The second-order valence-corrected chi connectivity index (χ2v) is 3.22. The van der Waals surface area contributed by atoms with Crippen LogP contribution in [-0.4, -0.2) is 39.5 Å². The molecule has 0 atom stereocenters. The van der Waals surface area contributed by atoms with Gasteiger partial charge < -0.3 is 14.2 Å². The molecule has 90 valence electrons. The van der Waals surface area contributed by atoms with Gasteiger partial charge in [0.2, 0.25) is 0 Å². The highest BCUT2D eigenvalue weighted by molar-refractivity contribution is 5.69. The van der Waals surface area contributed by atoms with Crippen molar-refractivity contribution in [2.75, 3.05) is 33.5 Å². The summed E-state index contributed by atoms with van der Waals surface area (Å²) in [6.07, 6.45) is 3.40. The molecule has 0 bridgehead atoms. The summed E-state index contributed by atoms with van der Waals surface area (Å²) in [6.45, 7) is 4.32. The molecular weight excluding hydrogens is 196 g/mol. The van der Waals surface area contributed by atoms with Crippen molar-refractivity contribution in [3.8, 4) is 0 Å². The molecule has 0 radical (unpaired) electrons. The lowest BCUT2D eigenvalue weighted by Gasteiger charge is -2.03. The van der Waals surface area contributed by atoms with Crippen molar-refractivity contribution < 1.29 is 19.0 Å². The van der Waals surface area contributed by atoms with E-state index >= 15 is 0 Å². The Morgan fingerprint density at radius 2 is 1.87 bits per heavy atom. The molecule has 0 unspecified atom stereocenters. The van der Waals surface area contributed by atoms with Crippen LogP contribution in [0.2, 0.25) is 0 Å².